The first-order valence-corrected chi connectivity index (χ1v) is 18.2. The summed E-state index contributed by atoms with van der Waals surface area (Å²) in [4.78, 5) is 23.6. The zero-order chi connectivity index (χ0) is 28.5. The van der Waals surface area contributed by atoms with Crippen LogP contribution in [0.5, 0.6) is 0 Å². The van der Waals surface area contributed by atoms with Crippen molar-refractivity contribution >= 4 is 61.7 Å². The minimum atomic E-state index is -4.02. The molecule has 0 unspecified atom stereocenters. The fraction of sp³-hybridized carbons (Fsp3) is 0.929. The fourth-order valence-corrected chi connectivity index (χ4v) is 6.20. The second-order valence-electron chi connectivity index (χ2n) is 10.3. The van der Waals surface area contributed by atoms with Crippen LogP contribution in [0.2, 0.25) is 0 Å². The second kappa shape index (κ2) is 26.7. The number of carbonyl (C=O) groups is 2. The van der Waals surface area contributed by atoms with E-state index in [1.165, 1.54) is 64.2 Å². The molecule has 0 aromatic carbocycles. The molecule has 0 bridgehead atoms. The first kappa shape index (κ1) is 41.0. The molecule has 0 amide bonds. The van der Waals surface area contributed by atoms with Crippen LogP contribution in [0, 0.1) is 0 Å². The Labute approximate surface area is 261 Å². The van der Waals surface area contributed by atoms with Crippen molar-refractivity contribution in [3.8, 4) is 0 Å². The molecule has 11 heteroatoms. The summed E-state index contributed by atoms with van der Waals surface area (Å²) in [7, 11) is -8.04. The van der Waals surface area contributed by atoms with Gasteiger partial charge in [0.15, 0.2) is 0 Å². The summed E-state index contributed by atoms with van der Waals surface area (Å²) in [5.74, 6) is -2.68. The van der Waals surface area contributed by atoms with Crippen LogP contribution in [0.15, 0.2) is 0 Å². The third-order valence-electron chi connectivity index (χ3n) is 6.47. The van der Waals surface area contributed by atoms with Crippen LogP contribution in [0.4, 0.5) is 0 Å². The quantitative estimate of drug-likeness (QED) is 0.0575. The summed E-state index contributed by atoms with van der Waals surface area (Å²) in [6, 6.07) is 0. The molecule has 0 aromatic rings. The van der Waals surface area contributed by atoms with Crippen molar-refractivity contribution in [1.29, 1.82) is 0 Å². The van der Waals surface area contributed by atoms with Crippen LogP contribution in [0.3, 0.4) is 0 Å². The predicted octanol–water partition coefficient (Wildman–Crippen LogP) is 6.71. The molecule has 39 heavy (non-hydrogen) atoms. The first-order chi connectivity index (χ1) is 18.1. The van der Waals surface area contributed by atoms with E-state index in [4.69, 9.17) is 0 Å². The van der Waals surface area contributed by atoms with Crippen molar-refractivity contribution in [2.75, 3.05) is 11.5 Å². The molecule has 0 rings (SSSR count). The summed E-state index contributed by atoms with van der Waals surface area (Å²) >= 11 is 0. The molecule has 0 aliphatic carbocycles. The Morgan fingerprint density at radius 3 is 0.923 bits per heavy atom. The Hall–Kier alpha value is -0.160. The molecule has 228 valence electrons. The van der Waals surface area contributed by atoms with Crippen LogP contribution in [-0.2, 0) is 38.2 Å². The van der Waals surface area contributed by atoms with Gasteiger partial charge in [-0.3, -0.25) is 9.59 Å². The van der Waals surface area contributed by atoms with E-state index >= 15 is 0 Å². The molecular formula is C28H55NaO8S2. The van der Waals surface area contributed by atoms with Crippen molar-refractivity contribution in [1.82, 2.24) is 0 Å². The van der Waals surface area contributed by atoms with Crippen LogP contribution >= 0.6 is 0 Å². The molecule has 0 fully saturated rings. The third kappa shape index (κ3) is 29.1. The average molecular weight is 607 g/mol. The molecule has 0 spiro atoms. The van der Waals surface area contributed by atoms with Gasteiger partial charge in [0, 0.05) is 0 Å². The van der Waals surface area contributed by atoms with Crippen molar-refractivity contribution in [2.45, 2.75) is 155 Å². The molecule has 0 heterocycles. The number of rotatable bonds is 27. The van der Waals surface area contributed by atoms with Gasteiger partial charge < -0.3 is 8.37 Å². The van der Waals surface area contributed by atoms with E-state index in [1.54, 1.807) is 0 Å². The van der Waals surface area contributed by atoms with E-state index in [0.29, 0.717) is 12.8 Å². The van der Waals surface area contributed by atoms with Gasteiger partial charge >= 0.3 is 61.7 Å². The van der Waals surface area contributed by atoms with E-state index < -0.39 is 45.0 Å². The van der Waals surface area contributed by atoms with Gasteiger partial charge in [0.2, 0.25) is 0 Å². The standard InChI is InChI=1S/C28H54O8S2.Na.H/c1-3-5-7-9-11-13-15-17-19-21-25-37(31,32)35-27(29)23-24-28(30)36-38(33,34)26-22-20-18-16-14-12-10-8-6-4-2;;/h3-26H2,1-2H3;;. The van der Waals surface area contributed by atoms with Gasteiger partial charge in [0.1, 0.15) is 0 Å². The molecule has 0 aliphatic rings. The number of hydrogen-bond acceptors (Lipinski definition) is 8. The van der Waals surface area contributed by atoms with Gasteiger partial charge in [-0.25, -0.2) is 0 Å². The summed E-state index contributed by atoms with van der Waals surface area (Å²) in [5, 5.41) is 0. The Bertz CT molecular complexity index is 745. The Balaban J connectivity index is 0. The summed E-state index contributed by atoms with van der Waals surface area (Å²) in [5.41, 5.74) is 0. The zero-order valence-electron chi connectivity index (χ0n) is 24.1. The third-order valence-corrected chi connectivity index (χ3v) is 8.93. The van der Waals surface area contributed by atoms with E-state index in [1.807, 2.05) is 0 Å². The van der Waals surface area contributed by atoms with E-state index in [0.717, 1.165) is 51.4 Å². The normalized spacial score (nSPS) is 11.6. The Morgan fingerprint density at radius 1 is 0.436 bits per heavy atom. The van der Waals surface area contributed by atoms with Gasteiger partial charge in [0.25, 0.3) is 0 Å². The van der Waals surface area contributed by atoms with Crippen molar-refractivity contribution in [3.63, 3.8) is 0 Å². The van der Waals surface area contributed by atoms with Crippen LogP contribution in [-0.4, -0.2) is 69.8 Å². The summed E-state index contributed by atoms with van der Waals surface area (Å²) < 4.78 is 56.9. The maximum absolute atomic E-state index is 12.0. The Morgan fingerprint density at radius 2 is 0.667 bits per heavy atom. The van der Waals surface area contributed by atoms with E-state index in [2.05, 4.69) is 22.2 Å². The van der Waals surface area contributed by atoms with Crippen molar-refractivity contribution < 1.29 is 34.8 Å². The zero-order valence-corrected chi connectivity index (χ0v) is 25.7. The molecule has 0 saturated carbocycles. The van der Waals surface area contributed by atoms with Gasteiger partial charge in [0.05, 0.1) is 24.3 Å². The monoisotopic (exact) mass is 606 g/mol. The molecule has 0 radical (unpaired) electrons. The SMILES string of the molecule is CCCCCCCCCCCCS(=O)(=O)OC(=O)CCC(=O)OS(=O)(=O)CCCCCCCCCCCC.[NaH]. The van der Waals surface area contributed by atoms with E-state index in [9.17, 15) is 26.4 Å². The van der Waals surface area contributed by atoms with Crippen LogP contribution in [0.1, 0.15) is 155 Å². The van der Waals surface area contributed by atoms with Gasteiger partial charge in [-0.15, -0.1) is 0 Å². The first-order valence-electron chi connectivity index (χ1n) is 15.0. The Kier molecular flexibility index (Phi) is 28.1. The maximum atomic E-state index is 12.0. The molecular weight excluding hydrogens is 551 g/mol. The summed E-state index contributed by atoms with van der Waals surface area (Å²) in [6.07, 6.45) is 20.0. The molecule has 0 aromatic heterocycles. The molecule has 8 nitrogen and oxygen atoms in total. The number of unbranched alkanes of at least 4 members (excludes halogenated alkanes) is 18. The number of hydrogen-bond donors (Lipinski definition) is 0. The summed E-state index contributed by atoms with van der Waals surface area (Å²) in [6.45, 7) is 4.37. The number of carbonyl (C=O) groups excluding carboxylic acids is 2. The van der Waals surface area contributed by atoms with Gasteiger partial charge in [-0.05, 0) is 12.8 Å². The molecule has 0 atom stereocenters. The molecule has 0 saturated heterocycles. The van der Waals surface area contributed by atoms with E-state index in [-0.39, 0.29) is 41.1 Å². The molecule has 0 N–H and O–H groups in total. The average Bonchev–Trinajstić information content (AvgIpc) is 2.84. The van der Waals surface area contributed by atoms with Crippen LogP contribution < -0.4 is 0 Å². The van der Waals surface area contributed by atoms with Gasteiger partial charge in [-0.1, -0.05) is 129 Å². The molecule has 0 aliphatic heterocycles. The van der Waals surface area contributed by atoms with Crippen LogP contribution in [0.25, 0.3) is 0 Å². The fourth-order valence-electron chi connectivity index (χ4n) is 4.19. The van der Waals surface area contributed by atoms with Crippen molar-refractivity contribution in [2.24, 2.45) is 0 Å². The predicted molar refractivity (Wildman–Crippen MR) is 160 cm³/mol. The van der Waals surface area contributed by atoms with Gasteiger partial charge in [-0.2, -0.15) is 16.8 Å². The van der Waals surface area contributed by atoms with Crippen molar-refractivity contribution in [3.05, 3.63) is 0 Å². The topological polar surface area (TPSA) is 121 Å². The minimum absolute atomic E-state index is 0. The second-order valence-corrected chi connectivity index (χ2v) is 13.7.